The van der Waals surface area contributed by atoms with Crippen molar-refractivity contribution in [3.05, 3.63) is 0 Å². The van der Waals surface area contributed by atoms with Crippen LogP contribution < -0.4 is 0 Å². The van der Waals surface area contributed by atoms with Gasteiger partial charge in [0.1, 0.15) is 0 Å². The number of aliphatic carboxylic acids is 1. The number of amides is 2. The number of carboxylic acids is 1. The zero-order valence-corrected chi connectivity index (χ0v) is 11.3. The van der Waals surface area contributed by atoms with Gasteiger partial charge in [-0.3, -0.25) is 4.79 Å². The SMILES string of the molecule is COCC(C)N(C)C(=O)N1CCC(C(=O)O)CC1. The van der Waals surface area contributed by atoms with Gasteiger partial charge in [-0.15, -0.1) is 0 Å². The molecule has 0 aromatic carbocycles. The molecule has 1 rings (SSSR count). The second-order valence-corrected chi connectivity index (χ2v) is 4.80. The highest BCUT2D eigenvalue weighted by molar-refractivity contribution is 5.75. The molecule has 0 radical (unpaired) electrons. The van der Waals surface area contributed by atoms with Crippen LogP contribution in [0.3, 0.4) is 0 Å². The maximum absolute atomic E-state index is 12.1. The number of piperidine rings is 1. The third-order valence-electron chi connectivity index (χ3n) is 3.49. The average Bonchev–Trinajstić information content (AvgIpc) is 2.37. The summed E-state index contributed by atoms with van der Waals surface area (Å²) >= 11 is 0. The van der Waals surface area contributed by atoms with Crippen molar-refractivity contribution in [2.75, 3.05) is 33.9 Å². The van der Waals surface area contributed by atoms with Crippen molar-refractivity contribution < 1.29 is 19.4 Å². The van der Waals surface area contributed by atoms with Crippen LogP contribution >= 0.6 is 0 Å². The van der Waals surface area contributed by atoms with E-state index in [4.69, 9.17) is 9.84 Å². The highest BCUT2D eigenvalue weighted by atomic mass is 16.5. The first-order chi connectivity index (χ1) is 8.47. The summed E-state index contributed by atoms with van der Waals surface area (Å²) in [6.45, 7) is 3.44. The van der Waals surface area contributed by atoms with Gasteiger partial charge < -0.3 is 19.6 Å². The fourth-order valence-electron chi connectivity index (χ4n) is 2.08. The smallest absolute Gasteiger partial charge is 0.320 e. The highest BCUT2D eigenvalue weighted by Gasteiger charge is 2.29. The predicted octanol–water partition coefficient (Wildman–Crippen LogP) is 0.870. The molecule has 1 aliphatic heterocycles. The lowest BCUT2D eigenvalue weighted by atomic mass is 9.97. The van der Waals surface area contributed by atoms with Gasteiger partial charge in [0.05, 0.1) is 18.6 Å². The van der Waals surface area contributed by atoms with Crippen LogP contribution in [0.1, 0.15) is 19.8 Å². The van der Waals surface area contributed by atoms with E-state index in [1.54, 1.807) is 24.0 Å². The van der Waals surface area contributed by atoms with Gasteiger partial charge in [0.2, 0.25) is 0 Å². The molecule has 0 aromatic heterocycles. The molecular weight excluding hydrogens is 236 g/mol. The summed E-state index contributed by atoms with van der Waals surface area (Å²) in [5.41, 5.74) is 0. The third-order valence-corrected chi connectivity index (χ3v) is 3.49. The molecule has 104 valence electrons. The molecule has 2 amide bonds. The molecule has 6 nitrogen and oxygen atoms in total. The minimum atomic E-state index is -0.761. The summed E-state index contributed by atoms with van der Waals surface area (Å²) in [4.78, 5) is 26.3. The van der Waals surface area contributed by atoms with Crippen LogP contribution in [0, 0.1) is 5.92 Å². The van der Waals surface area contributed by atoms with E-state index in [2.05, 4.69) is 0 Å². The lowest BCUT2D eigenvalue weighted by Gasteiger charge is -2.35. The number of ether oxygens (including phenoxy) is 1. The standard InChI is InChI=1S/C12H22N2O4/c1-9(8-18-3)13(2)12(17)14-6-4-10(5-7-14)11(15)16/h9-10H,4-8H2,1-3H3,(H,15,16). The number of nitrogens with zero attached hydrogens (tertiary/aromatic N) is 2. The zero-order chi connectivity index (χ0) is 13.7. The number of likely N-dealkylation sites (tertiary alicyclic amines) is 1. The number of carbonyl (C=O) groups is 2. The first-order valence-electron chi connectivity index (χ1n) is 6.20. The van der Waals surface area contributed by atoms with E-state index in [1.807, 2.05) is 6.92 Å². The molecule has 1 N–H and O–H groups in total. The van der Waals surface area contributed by atoms with Crippen molar-refractivity contribution in [3.63, 3.8) is 0 Å². The summed E-state index contributed by atoms with van der Waals surface area (Å²) in [6.07, 6.45) is 1.07. The number of rotatable bonds is 4. The fourth-order valence-corrected chi connectivity index (χ4v) is 2.08. The molecular formula is C12H22N2O4. The summed E-state index contributed by atoms with van der Waals surface area (Å²) in [5.74, 6) is -1.07. The first kappa shape index (κ1) is 14.8. The van der Waals surface area contributed by atoms with Crippen LogP contribution in [0.15, 0.2) is 0 Å². The van der Waals surface area contributed by atoms with E-state index >= 15 is 0 Å². The molecule has 1 heterocycles. The lowest BCUT2D eigenvalue weighted by molar-refractivity contribution is -0.143. The van der Waals surface area contributed by atoms with Gasteiger partial charge in [-0.2, -0.15) is 0 Å². The van der Waals surface area contributed by atoms with E-state index in [9.17, 15) is 9.59 Å². The van der Waals surface area contributed by atoms with Gasteiger partial charge >= 0.3 is 12.0 Å². The topological polar surface area (TPSA) is 70.1 Å². The minimum absolute atomic E-state index is 0.0136. The maximum Gasteiger partial charge on any atom is 0.320 e. The Hall–Kier alpha value is -1.30. The Kier molecular flexibility index (Phi) is 5.40. The maximum atomic E-state index is 12.1. The van der Waals surface area contributed by atoms with Crippen LogP contribution in [0.25, 0.3) is 0 Å². The molecule has 0 saturated carbocycles. The molecule has 0 aliphatic carbocycles. The molecule has 0 spiro atoms. The van der Waals surface area contributed by atoms with E-state index in [1.165, 1.54) is 0 Å². The summed E-state index contributed by atoms with van der Waals surface area (Å²) in [6, 6.07) is -0.0388. The molecule has 18 heavy (non-hydrogen) atoms. The molecule has 1 saturated heterocycles. The summed E-state index contributed by atoms with van der Waals surface area (Å²) < 4.78 is 5.02. The quantitative estimate of drug-likeness (QED) is 0.812. The van der Waals surface area contributed by atoms with Gasteiger partial charge in [0, 0.05) is 27.2 Å². The monoisotopic (exact) mass is 258 g/mol. The number of hydrogen-bond acceptors (Lipinski definition) is 3. The van der Waals surface area contributed by atoms with Crippen molar-refractivity contribution in [2.45, 2.75) is 25.8 Å². The molecule has 0 aromatic rings. The van der Waals surface area contributed by atoms with Gasteiger partial charge in [-0.25, -0.2) is 4.79 Å². The summed E-state index contributed by atoms with van der Waals surface area (Å²) in [7, 11) is 3.35. The number of carboxylic acid groups (broad SMARTS) is 1. The number of methoxy groups -OCH3 is 1. The Balaban J connectivity index is 2.46. The second-order valence-electron chi connectivity index (χ2n) is 4.80. The Morgan fingerprint density at radius 3 is 2.44 bits per heavy atom. The van der Waals surface area contributed by atoms with Crippen LogP contribution in [0.4, 0.5) is 4.79 Å². The van der Waals surface area contributed by atoms with E-state index < -0.39 is 5.97 Å². The molecule has 1 unspecified atom stereocenters. The van der Waals surface area contributed by atoms with E-state index in [-0.39, 0.29) is 18.0 Å². The normalized spacial score (nSPS) is 18.5. The van der Waals surface area contributed by atoms with Crippen LogP contribution in [0.5, 0.6) is 0 Å². The Bertz CT molecular complexity index is 300. The second kappa shape index (κ2) is 6.58. The lowest BCUT2D eigenvalue weighted by Crippen LogP contribution is -2.49. The van der Waals surface area contributed by atoms with E-state index in [0.717, 1.165) is 0 Å². The Morgan fingerprint density at radius 2 is 2.00 bits per heavy atom. The molecule has 0 bridgehead atoms. The highest BCUT2D eigenvalue weighted by Crippen LogP contribution is 2.18. The van der Waals surface area contributed by atoms with Crippen LogP contribution in [-0.2, 0) is 9.53 Å². The van der Waals surface area contributed by atoms with Crippen molar-refractivity contribution in [1.82, 2.24) is 9.80 Å². The first-order valence-corrected chi connectivity index (χ1v) is 6.20. The van der Waals surface area contributed by atoms with Crippen molar-refractivity contribution in [3.8, 4) is 0 Å². The number of likely N-dealkylation sites (N-methyl/N-ethyl adjacent to an activating group) is 1. The van der Waals surface area contributed by atoms with Gasteiger partial charge in [0.15, 0.2) is 0 Å². The van der Waals surface area contributed by atoms with Crippen LogP contribution in [0.2, 0.25) is 0 Å². The predicted molar refractivity (Wildman–Crippen MR) is 66.4 cm³/mol. The third kappa shape index (κ3) is 3.60. The number of hydrogen-bond donors (Lipinski definition) is 1. The molecule has 1 aliphatic rings. The minimum Gasteiger partial charge on any atom is -0.481 e. The summed E-state index contributed by atoms with van der Waals surface area (Å²) in [5, 5.41) is 8.90. The Morgan fingerprint density at radius 1 is 1.44 bits per heavy atom. The van der Waals surface area contributed by atoms with Crippen LogP contribution in [-0.4, -0.2) is 66.8 Å². The largest absolute Gasteiger partial charge is 0.481 e. The van der Waals surface area contributed by atoms with Gasteiger partial charge in [0.25, 0.3) is 0 Å². The van der Waals surface area contributed by atoms with Crippen molar-refractivity contribution in [1.29, 1.82) is 0 Å². The number of urea groups is 1. The fraction of sp³-hybridized carbons (Fsp3) is 0.833. The number of carbonyl (C=O) groups excluding carboxylic acids is 1. The molecule has 1 atom stereocenters. The van der Waals surface area contributed by atoms with Crippen molar-refractivity contribution >= 4 is 12.0 Å². The average molecular weight is 258 g/mol. The van der Waals surface area contributed by atoms with Gasteiger partial charge in [-0.1, -0.05) is 0 Å². The molecule has 6 heteroatoms. The zero-order valence-electron chi connectivity index (χ0n) is 11.3. The van der Waals surface area contributed by atoms with Crippen molar-refractivity contribution in [2.24, 2.45) is 5.92 Å². The van der Waals surface area contributed by atoms with Gasteiger partial charge in [-0.05, 0) is 19.8 Å². The Labute approximate surface area is 107 Å². The van der Waals surface area contributed by atoms with E-state index in [0.29, 0.717) is 32.5 Å². The molecule has 1 fully saturated rings.